The first kappa shape index (κ1) is 10.8. The Morgan fingerprint density at radius 3 is 2.77 bits per heavy atom. The number of alkyl halides is 1. The van der Waals surface area contributed by atoms with Crippen molar-refractivity contribution in [2.24, 2.45) is 5.73 Å². The van der Waals surface area contributed by atoms with E-state index in [-0.39, 0.29) is 6.54 Å². The van der Waals surface area contributed by atoms with Crippen LogP contribution in [-0.4, -0.2) is 12.8 Å². The first-order valence-electron chi connectivity index (χ1n) is 3.86. The second kappa shape index (κ2) is 4.84. The SMILES string of the molecule is CSc1ccc(C(F)CN)cc1Cl. The van der Waals surface area contributed by atoms with E-state index in [9.17, 15) is 4.39 Å². The summed E-state index contributed by atoms with van der Waals surface area (Å²) in [4.78, 5) is 0.953. The molecule has 13 heavy (non-hydrogen) atoms. The van der Waals surface area contributed by atoms with Crippen molar-refractivity contribution in [2.75, 3.05) is 12.8 Å². The normalized spacial score (nSPS) is 12.9. The molecule has 0 heterocycles. The van der Waals surface area contributed by atoms with E-state index < -0.39 is 6.17 Å². The minimum atomic E-state index is -1.12. The molecule has 1 rings (SSSR count). The molecule has 0 amide bonds. The lowest BCUT2D eigenvalue weighted by Gasteiger charge is -2.07. The molecular weight excluding hydrogens is 209 g/mol. The standard InChI is InChI=1S/C9H11ClFNS/c1-13-9-3-2-6(4-7(9)10)8(11)5-12/h2-4,8H,5,12H2,1H3. The van der Waals surface area contributed by atoms with Gasteiger partial charge in [0.25, 0.3) is 0 Å². The first-order chi connectivity index (χ1) is 6.19. The summed E-state index contributed by atoms with van der Waals surface area (Å²) in [5.74, 6) is 0. The topological polar surface area (TPSA) is 26.0 Å². The maximum absolute atomic E-state index is 13.1. The molecule has 1 aromatic rings. The van der Waals surface area contributed by atoms with Gasteiger partial charge in [0.1, 0.15) is 6.17 Å². The van der Waals surface area contributed by atoms with Crippen LogP contribution in [0.1, 0.15) is 11.7 Å². The predicted molar refractivity (Wildman–Crippen MR) is 56.1 cm³/mol. The lowest BCUT2D eigenvalue weighted by molar-refractivity contribution is 0.353. The fourth-order valence-electron chi connectivity index (χ4n) is 1.01. The third-order valence-electron chi connectivity index (χ3n) is 1.74. The van der Waals surface area contributed by atoms with Gasteiger partial charge in [-0.1, -0.05) is 17.7 Å². The second-order valence-corrected chi connectivity index (χ2v) is 3.85. The zero-order valence-corrected chi connectivity index (χ0v) is 8.83. The molecular formula is C9H11ClFNS. The van der Waals surface area contributed by atoms with Gasteiger partial charge in [-0.3, -0.25) is 0 Å². The number of nitrogens with two attached hydrogens (primary N) is 1. The molecule has 0 radical (unpaired) electrons. The summed E-state index contributed by atoms with van der Waals surface area (Å²) in [7, 11) is 0. The molecule has 2 N–H and O–H groups in total. The van der Waals surface area contributed by atoms with Gasteiger partial charge in [-0.05, 0) is 24.0 Å². The third-order valence-corrected chi connectivity index (χ3v) is 2.97. The Morgan fingerprint density at radius 2 is 2.31 bits per heavy atom. The van der Waals surface area contributed by atoms with Gasteiger partial charge in [-0.25, -0.2) is 4.39 Å². The van der Waals surface area contributed by atoms with Gasteiger partial charge in [0.2, 0.25) is 0 Å². The Hall–Kier alpha value is -0.250. The van der Waals surface area contributed by atoms with Crippen LogP contribution < -0.4 is 5.73 Å². The monoisotopic (exact) mass is 219 g/mol. The van der Waals surface area contributed by atoms with Crippen LogP contribution in [0.5, 0.6) is 0 Å². The van der Waals surface area contributed by atoms with Crippen LogP contribution in [0.15, 0.2) is 23.1 Å². The number of thioether (sulfide) groups is 1. The van der Waals surface area contributed by atoms with Crippen molar-refractivity contribution in [2.45, 2.75) is 11.1 Å². The Kier molecular flexibility index (Phi) is 4.03. The van der Waals surface area contributed by atoms with Gasteiger partial charge < -0.3 is 5.73 Å². The fourth-order valence-corrected chi connectivity index (χ4v) is 1.89. The smallest absolute Gasteiger partial charge is 0.137 e. The van der Waals surface area contributed by atoms with Crippen molar-refractivity contribution in [1.82, 2.24) is 0 Å². The van der Waals surface area contributed by atoms with Crippen molar-refractivity contribution in [3.8, 4) is 0 Å². The summed E-state index contributed by atoms with van der Waals surface area (Å²) < 4.78 is 13.1. The summed E-state index contributed by atoms with van der Waals surface area (Å²) in [6.07, 6.45) is 0.810. The predicted octanol–water partition coefficient (Wildman–Crippen LogP) is 3.03. The van der Waals surface area contributed by atoms with Crippen LogP contribution in [0, 0.1) is 0 Å². The Bertz CT molecular complexity index is 293. The molecule has 1 unspecified atom stereocenters. The molecule has 0 aromatic heterocycles. The van der Waals surface area contributed by atoms with E-state index in [0.717, 1.165) is 4.90 Å². The lowest BCUT2D eigenvalue weighted by atomic mass is 10.1. The molecule has 0 saturated heterocycles. The molecule has 1 nitrogen and oxygen atoms in total. The zero-order chi connectivity index (χ0) is 9.84. The van der Waals surface area contributed by atoms with Crippen LogP contribution in [0.25, 0.3) is 0 Å². The number of hydrogen-bond donors (Lipinski definition) is 1. The molecule has 0 bridgehead atoms. The van der Waals surface area contributed by atoms with Gasteiger partial charge in [0.05, 0.1) is 5.02 Å². The van der Waals surface area contributed by atoms with Crippen molar-refractivity contribution in [3.63, 3.8) is 0 Å². The minimum Gasteiger partial charge on any atom is -0.327 e. The number of halogens is 2. The van der Waals surface area contributed by atoms with Gasteiger partial charge >= 0.3 is 0 Å². The third kappa shape index (κ3) is 2.59. The van der Waals surface area contributed by atoms with Crippen molar-refractivity contribution < 1.29 is 4.39 Å². The van der Waals surface area contributed by atoms with Crippen molar-refractivity contribution >= 4 is 23.4 Å². The summed E-state index contributed by atoms with van der Waals surface area (Å²) in [6, 6.07) is 5.16. The highest BCUT2D eigenvalue weighted by atomic mass is 35.5. The first-order valence-corrected chi connectivity index (χ1v) is 5.47. The van der Waals surface area contributed by atoms with Gasteiger partial charge in [0, 0.05) is 11.4 Å². The van der Waals surface area contributed by atoms with E-state index in [0.29, 0.717) is 10.6 Å². The van der Waals surface area contributed by atoms with Gasteiger partial charge in [-0.2, -0.15) is 0 Å². The summed E-state index contributed by atoms with van der Waals surface area (Å²) >= 11 is 7.44. The number of rotatable bonds is 3. The molecule has 1 atom stereocenters. The largest absolute Gasteiger partial charge is 0.327 e. The highest BCUT2D eigenvalue weighted by molar-refractivity contribution is 7.98. The average molecular weight is 220 g/mol. The van der Waals surface area contributed by atoms with E-state index in [2.05, 4.69) is 0 Å². The summed E-state index contributed by atoms with van der Waals surface area (Å²) in [5.41, 5.74) is 5.75. The quantitative estimate of drug-likeness (QED) is 0.791. The fraction of sp³-hybridized carbons (Fsp3) is 0.333. The van der Waals surface area contributed by atoms with Crippen LogP contribution in [0.4, 0.5) is 4.39 Å². The van der Waals surface area contributed by atoms with Crippen LogP contribution in [0.3, 0.4) is 0 Å². The molecule has 1 aromatic carbocycles. The van der Waals surface area contributed by atoms with E-state index in [1.165, 1.54) is 11.8 Å². The summed E-state index contributed by atoms with van der Waals surface area (Å²) in [5, 5.41) is 0.584. The molecule has 0 aliphatic rings. The number of benzene rings is 1. The van der Waals surface area contributed by atoms with Crippen LogP contribution in [0.2, 0.25) is 5.02 Å². The highest BCUT2D eigenvalue weighted by Gasteiger charge is 2.09. The average Bonchev–Trinajstić information content (AvgIpc) is 2.16. The maximum Gasteiger partial charge on any atom is 0.137 e. The van der Waals surface area contributed by atoms with E-state index in [1.807, 2.05) is 12.3 Å². The Morgan fingerprint density at radius 1 is 1.62 bits per heavy atom. The number of hydrogen-bond acceptors (Lipinski definition) is 2. The molecule has 0 aliphatic heterocycles. The lowest BCUT2D eigenvalue weighted by Crippen LogP contribution is -2.07. The van der Waals surface area contributed by atoms with Crippen molar-refractivity contribution in [3.05, 3.63) is 28.8 Å². The minimum absolute atomic E-state index is 0.00502. The van der Waals surface area contributed by atoms with Crippen LogP contribution >= 0.6 is 23.4 Å². The molecule has 0 spiro atoms. The van der Waals surface area contributed by atoms with Gasteiger partial charge in [-0.15, -0.1) is 11.8 Å². The van der Waals surface area contributed by atoms with E-state index >= 15 is 0 Å². The zero-order valence-electron chi connectivity index (χ0n) is 7.26. The second-order valence-electron chi connectivity index (χ2n) is 2.60. The molecule has 0 fully saturated rings. The van der Waals surface area contributed by atoms with E-state index in [4.69, 9.17) is 17.3 Å². The highest BCUT2D eigenvalue weighted by Crippen LogP contribution is 2.28. The Balaban J connectivity index is 2.95. The Labute approximate surface area is 86.5 Å². The molecule has 72 valence electrons. The maximum atomic E-state index is 13.1. The van der Waals surface area contributed by atoms with Crippen molar-refractivity contribution in [1.29, 1.82) is 0 Å². The summed E-state index contributed by atoms with van der Waals surface area (Å²) in [6.45, 7) is -0.00502. The van der Waals surface area contributed by atoms with Gasteiger partial charge in [0.15, 0.2) is 0 Å². The molecule has 0 aliphatic carbocycles. The molecule has 4 heteroatoms. The van der Waals surface area contributed by atoms with Crippen LogP contribution in [-0.2, 0) is 0 Å². The molecule has 0 saturated carbocycles. The van der Waals surface area contributed by atoms with E-state index in [1.54, 1.807) is 12.1 Å².